The molecule has 1 unspecified atom stereocenters. The molecule has 100 valence electrons. The van der Waals surface area contributed by atoms with Crippen molar-refractivity contribution in [2.45, 2.75) is 12.6 Å². The average molecular weight is 272 g/mol. The number of carbonyl (C=O) groups excluding carboxylic acids is 1. The number of hydrogen-bond acceptors (Lipinski definition) is 4. The topological polar surface area (TPSA) is 76.4 Å². The van der Waals surface area contributed by atoms with Gasteiger partial charge in [0.1, 0.15) is 6.04 Å². The molecule has 0 fully saturated rings. The number of hydrogen-bond donors (Lipinski definition) is 3. The Kier molecular flexibility index (Phi) is 5.91. The van der Waals surface area contributed by atoms with Crippen molar-refractivity contribution in [1.82, 2.24) is 5.32 Å². The summed E-state index contributed by atoms with van der Waals surface area (Å²) in [7, 11) is 3.32. The summed E-state index contributed by atoms with van der Waals surface area (Å²) in [5.41, 5.74) is 7.37. The van der Waals surface area contributed by atoms with Crippen LogP contribution in [-0.4, -0.2) is 32.7 Å². The molecule has 0 saturated carbocycles. The number of benzene rings is 1. The van der Waals surface area contributed by atoms with Gasteiger partial charge in [-0.05, 0) is 23.8 Å². The van der Waals surface area contributed by atoms with Crippen LogP contribution in [0.5, 0.6) is 0 Å². The predicted octanol–water partition coefficient (Wildman–Crippen LogP) is 0.972. The summed E-state index contributed by atoms with van der Waals surface area (Å²) in [6.45, 7) is 0.528. The maximum atomic E-state index is 11.6. The second kappa shape index (κ2) is 7.20. The minimum Gasteiger partial charge on any atom is -0.388 e. The molecule has 6 heteroatoms. The molecule has 1 rings (SSSR count). The van der Waals surface area contributed by atoms with Crippen molar-refractivity contribution in [3.8, 4) is 0 Å². The van der Waals surface area contributed by atoms with Gasteiger partial charge in [-0.3, -0.25) is 4.79 Å². The van der Waals surface area contributed by atoms with E-state index in [1.54, 1.807) is 6.07 Å². The summed E-state index contributed by atoms with van der Waals surface area (Å²) in [6.07, 6.45) is 0. The summed E-state index contributed by atoms with van der Waals surface area (Å²) < 4.78 is 4.82. The Morgan fingerprint density at radius 1 is 1.56 bits per heavy atom. The van der Waals surface area contributed by atoms with E-state index < -0.39 is 6.04 Å². The molecule has 0 heterocycles. The molecule has 5 nitrogen and oxygen atoms in total. The van der Waals surface area contributed by atoms with Gasteiger partial charge in [0.2, 0.25) is 5.91 Å². The van der Waals surface area contributed by atoms with E-state index in [-0.39, 0.29) is 12.5 Å². The fraction of sp³-hybridized carbons (Fsp3) is 0.417. The fourth-order valence-corrected chi connectivity index (χ4v) is 1.62. The van der Waals surface area contributed by atoms with Gasteiger partial charge in [-0.2, -0.15) is 0 Å². The maximum Gasteiger partial charge on any atom is 0.239 e. The molecular formula is C12H18ClN3O2. The number of ether oxygens (including phenoxy) is 1. The highest BCUT2D eigenvalue weighted by Crippen LogP contribution is 2.20. The SMILES string of the molecule is CNc1ccc(Cl)c(CNC(=O)C(N)COC)c1. The van der Waals surface area contributed by atoms with Crippen LogP contribution < -0.4 is 16.4 Å². The van der Waals surface area contributed by atoms with Crippen molar-refractivity contribution >= 4 is 23.2 Å². The molecule has 0 saturated heterocycles. The van der Waals surface area contributed by atoms with Crippen molar-refractivity contribution in [3.63, 3.8) is 0 Å². The first kappa shape index (κ1) is 14.8. The molecule has 0 bridgehead atoms. The van der Waals surface area contributed by atoms with Gasteiger partial charge >= 0.3 is 0 Å². The van der Waals surface area contributed by atoms with Gasteiger partial charge in [-0.1, -0.05) is 11.6 Å². The van der Waals surface area contributed by atoms with Crippen LogP contribution in [0, 0.1) is 0 Å². The van der Waals surface area contributed by atoms with Crippen LogP contribution in [0.2, 0.25) is 5.02 Å². The van der Waals surface area contributed by atoms with E-state index in [1.807, 2.05) is 19.2 Å². The first-order valence-corrected chi connectivity index (χ1v) is 5.94. The molecule has 0 spiro atoms. The Hall–Kier alpha value is -1.30. The van der Waals surface area contributed by atoms with E-state index in [9.17, 15) is 4.79 Å². The fourth-order valence-electron chi connectivity index (χ4n) is 1.43. The summed E-state index contributed by atoms with van der Waals surface area (Å²) in [5.74, 6) is -0.261. The summed E-state index contributed by atoms with van der Waals surface area (Å²) >= 11 is 6.04. The third-order valence-electron chi connectivity index (χ3n) is 2.47. The minimum absolute atomic E-state index is 0.191. The van der Waals surface area contributed by atoms with Gasteiger partial charge in [0.05, 0.1) is 6.61 Å². The largest absolute Gasteiger partial charge is 0.388 e. The monoisotopic (exact) mass is 271 g/mol. The molecule has 0 radical (unpaired) electrons. The first-order valence-electron chi connectivity index (χ1n) is 5.57. The van der Waals surface area contributed by atoms with Crippen molar-refractivity contribution in [2.75, 3.05) is 26.1 Å². The zero-order valence-electron chi connectivity index (χ0n) is 10.5. The van der Waals surface area contributed by atoms with Gasteiger partial charge in [0.15, 0.2) is 0 Å². The number of amides is 1. The van der Waals surface area contributed by atoms with Crippen LogP contribution in [0.3, 0.4) is 0 Å². The lowest BCUT2D eigenvalue weighted by atomic mass is 10.2. The standard InChI is InChI=1S/C12H18ClN3O2/c1-15-9-3-4-10(13)8(5-9)6-16-12(17)11(14)7-18-2/h3-5,11,15H,6-7,14H2,1-2H3,(H,16,17). The molecule has 0 aliphatic heterocycles. The van der Waals surface area contributed by atoms with E-state index in [4.69, 9.17) is 22.1 Å². The molecule has 1 aromatic rings. The normalized spacial score (nSPS) is 12.0. The number of anilines is 1. The number of carbonyl (C=O) groups is 1. The van der Waals surface area contributed by atoms with E-state index in [0.717, 1.165) is 11.3 Å². The number of halogens is 1. The van der Waals surface area contributed by atoms with Gasteiger partial charge in [-0.25, -0.2) is 0 Å². The first-order chi connectivity index (χ1) is 8.58. The third kappa shape index (κ3) is 4.18. The number of rotatable bonds is 6. The van der Waals surface area contributed by atoms with Crippen LogP contribution in [-0.2, 0) is 16.1 Å². The molecule has 1 aromatic carbocycles. The Balaban J connectivity index is 2.60. The molecule has 1 amide bonds. The summed E-state index contributed by atoms with van der Waals surface area (Å²) in [6, 6.07) is 4.86. The zero-order valence-corrected chi connectivity index (χ0v) is 11.3. The lowest BCUT2D eigenvalue weighted by Crippen LogP contribution is -2.43. The van der Waals surface area contributed by atoms with Crippen molar-refractivity contribution < 1.29 is 9.53 Å². The Morgan fingerprint density at radius 2 is 2.28 bits per heavy atom. The van der Waals surface area contributed by atoms with E-state index in [2.05, 4.69) is 10.6 Å². The van der Waals surface area contributed by atoms with Gasteiger partial charge in [0.25, 0.3) is 0 Å². The molecule has 1 atom stereocenters. The highest BCUT2D eigenvalue weighted by molar-refractivity contribution is 6.31. The van der Waals surface area contributed by atoms with Crippen LogP contribution in [0.25, 0.3) is 0 Å². The maximum absolute atomic E-state index is 11.6. The highest BCUT2D eigenvalue weighted by Gasteiger charge is 2.13. The Morgan fingerprint density at radius 3 is 2.89 bits per heavy atom. The highest BCUT2D eigenvalue weighted by atomic mass is 35.5. The number of nitrogens with one attached hydrogen (secondary N) is 2. The quantitative estimate of drug-likeness (QED) is 0.721. The second-order valence-electron chi connectivity index (χ2n) is 3.84. The molecule has 0 aliphatic rings. The molecule has 18 heavy (non-hydrogen) atoms. The zero-order chi connectivity index (χ0) is 13.5. The van der Waals surface area contributed by atoms with E-state index in [0.29, 0.717) is 11.6 Å². The molecule has 0 aliphatic carbocycles. The predicted molar refractivity (Wildman–Crippen MR) is 72.7 cm³/mol. The van der Waals surface area contributed by atoms with Crippen LogP contribution in [0.4, 0.5) is 5.69 Å². The van der Waals surface area contributed by atoms with Gasteiger partial charge in [0, 0.05) is 31.4 Å². The van der Waals surface area contributed by atoms with Crippen LogP contribution >= 0.6 is 11.6 Å². The third-order valence-corrected chi connectivity index (χ3v) is 2.84. The smallest absolute Gasteiger partial charge is 0.239 e. The van der Waals surface area contributed by atoms with E-state index >= 15 is 0 Å². The minimum atomic E-state index is -0.666. The van der Waals surface area contributed by atoms with Crippen molar-refractivity contribution in [1.29, 1.82) is 0 Å². The number of nitrogens with two attached hydrogens (primary N) is 1. The second-order valence-corrected chi connectivity index (χ2v) is 4.24. The molecule has 0 aromatic heterocycles. The Labute approximate surface area is 112 Å². The summed E-state index contributed by atoms with van der Waals surface area (Å²) in [5, 5.41) is 6.33. The van der Waals surface area contributed by atoms with Crippen LogP contribution in [0.1, 0.15) is 5.56 Å². The molecular weight excluding hydrogens is 254 g/mol. The van der Waals surface area contributed by atoms with Gasteiger partial charge in [-0.15, -0.1) is 0 Å². The van der Waals surface area contributed by atoms with Crippen molar-refractivity contribution in [3.05, 3.63) is 28.8 Å². The average Bonchev–Trinajstić information content (AvgIpc) is 2.37. The lowest BCUT2D eigenvalue weighted by molar-refractivity contribution is -0.123. The Bertz CT molecular complexity index is 412. The van der Waals surface area contributed by atoms with Crippen LogP contribution in [0.15, 0.2) is 18.2 Å². The lowest BCUT2D eigenvalue weighted by Gasteiger charge is -2.12. The van der Waals surface area contributed by atoms with Gasteiger partial charge < -0.3 is 21.1 Å². The summed E-state index contributed by atoms with van der Waals surface area (Å²) in [4.78, 5) is 11.6. The number of methoxy groups -OCH3 is 1. The van der Waals surface area contributed by atoms with Crippen molar-refractivity contribution in [2.24, 2.45) is 5.73 Å². The van der Waals surface area contributed by atoms with E-state index in [1.165, 1.54) is 7.11 Å². The molecule has 4 N–H and O–H groups in total.